The topological polar surface area (TPSA) is 61.8 Å². The highest BCUT2D eigenvalue weighted by Crippen LogP contribution is 2.41. The maximum atomic E-state index is 12.2. The Bertz CT molecular complexity index is 782. The molecule has 1 aromatic carbocycles. The monoisotopic (exact) mass is 377 g/mol. The molecule has 2 aliphatic rings. The number of guanidine groups is 1. The van der Waals surface area contributed by atoms with Gasteiger partial charge in [0, 0.05) is 32.1 Å². The zero-order valence-corrected chi connectivity index (χ0v) is 17.3. The Hall–Kier alpha value is -1.56. The van der Waals surface area contributed by atoms with Crippen molar-refractivity contribution in [1.29, 1.82) is 0 Å². The van der Waals surface area contributed by atoms with Crippen molar-refractivity contribution in [2.45, 2.75) is 56.7 Å². The van der Waals surface area contributed by atoms with Gasteiger partial charge >= 0.3 is 0 Å². The Balaban J connectivity index is 1.62. The smallest absolute Gasteiger partial charge is 0.193 e. The van der Waals surface area contributed by atoms with Crippen LogP contribution in [0.2, 0.25) is 0 Å². The number of benzene rings is 1. The Morgan fingerprint density at radius 1 is 1.27 bits per heavy atom. The first kappa shape index (κ1) is 19.2. The first-order valence-electron chi connectivity index (χ1n) is 9.45. The van der Waals surface area contributed by atoms with E-state index in [4.69, 9.17) is 0 Å². The van der Waals surface area contributed by atoms with Crippen LogP contribution in [-0.2, 0) is 9.84 Å². The molecule has 1 saturated carbocycles. The molecule has 2 unspecified atom stereocenters. The maximum Gasteiger partial charge on any atom is 0.193 e. The summed E-state index contributed by atoms with van der Waals surface area (Å²) in [4.78, 5) is 6.49. The molecule has 6 heteroatoms. The molecule has 1 saturated heterocycles. The largest absolute Gasteiger partial charge is 0.353 e. The number of rotatable bonds is 3. The van der Waals surface area contributed by atoms with Gasteiger partial charge < -0.3 is 10.2 Å². The number of nitrogens with zero attached hydrogens (tertiary/aromatic N) is 2. The molecule has 2 atom stereocenters. The van der Waals surface area contributed by atoms with Gasteiger partial charge in [-0.2, -0.15) is 0 Å². The Morgan fingerprint density at radius 2 is 1.92 bits per heavy atom. The molecule has 2 fully saturated rings. The maximum absolute atomic E-state index is 12.2. The standard InChI is InChI=1S/C20H31N3O2S/c1-14(2)15-6-8-16(9-7-15)17-12-18(17)22-19(21-5)23-10-11-26(24,25)20(3,4)13-23/h6-9,14,17-18H,10-13H2,1-5H3,(H,21,22). The second-order valence-electron chi connectivity index (χ2n) is 8.46. The third kappa shape index (κ3) is 3.75. The summed E-state index contributed by atoms with van der Waals surface area (Å²) < 4.78 is 23.7. The Kier molecular flexibility index (Phi) is 5.08. The first-order chi connectivity index (χ1) is 12.1. The summed E-state index contributed by atoms with van der Waals surface area (Å²) in [5, 5.41) is 3.54. The van der Waals surface area contributed by atoms with Crippen molar-refractivity contribution in [1.82, 2.24) is 10.2 Å². The summed E-state index contributed by atoms with van der Waals surface area (Å²) in [6.07, 6.45) is 1.09. The van der Waals surface area contributed by atoms with Gasteiger partial charge in [-0.1, -0.05) is 38.1 Å². The summed E-state index contributed by atoms with van der Waals surface area (Å²) in [6.45, 7) is 9.01. The van der Waals surface area contributed by atoms with E-state index in [1.54, 1.807) is 20.9 Å². The number of hydrogen-bond donors (Lipinski definition) is 1. The third-order valence-corrected chi connectivity index (χ3v) is 8.22. The predicted molar refractivity (Wildman–Crippen MR) is 108 cm³/mol. The fourth-order valence-corrected chi connectivity index (χ4v) is 5.00. The minimum atomic E-state index is -3.04. The fourth-order valence-electron chi connectivity index (χ4n) is 3.64. The molecule has 1 aromatic rings. The van der Waals surface area contributed by atoms with Crippen molar-refractivity contribution in [2.75, 3.05) is 25.9 Å². The lowest BCUT2D eigenvalue weighted by atomic mass is 10.0. The van der Waals surface area contributed by atoms with Crippen molar-refractivity contribution < 1.29 is 8.42 Å². The van der Waals surface area contributed by atoms with Gasteiger partial charge in [0.15, 0.2) is 15.8 Å². The van der Waals surface area contributed by atoms with E-state index in [2.05, 4.69) is 53.3 Å². The van der Waals surface area contributed by atoms with Crippen LogP contribution in [0.5, 0.6) is 0 Å². The molecule has 0 spiro atoms. The van der Waals surface area contributed by atoms with Crippen molar-refractivity contribution in [2.24, 2.45) is 4.99 Å². The van der Waals surface area contributed by atoms with Gasteiger partial charge in [-0.25, -0.2) is 8.42 Å². The van der Waals surface area contributed by atoms with E-state index < -0.39 is 14.6 Å². The second-order valence-corrected chi connectivity index (χ2v) is 11.2. The average molecular weight is 378 g/mol. The molecule has 1 aliphatic heterocycles. The van der Waals surface area contributed by atoms with E-state index in [1.165, 1.54) is 11.1 Å². The van der Waals surface area contributed by atoms with Crippen LogP contribution in [0.3, 0.4) is 0 Å². The summed E-state index contributed by atoms with van der Waals surface area (Å²) in [5.41, 5.74) is 2.73. The van der Waals surface area contributed by atoms with Crippen LogP contribution in [0, 0.1) is 0 Å². The van der Waals surface area contributed by atoms with Gasteiger partial charge in [0.25, 0.3) is 0 Å². The Morgan fingerprint density at radius 3 is 2.46 bits per heavy atom. The van der Waals surface area contributed by atoms with E-state index in [1.807, 2.05) is 0 Å². The lowest BCUT2D eigenvalue weighted by molar-refractivity contribution is 0.353. The third-order valence-electron chi connectivity index (χ3n) is 5.69. The van der Waals surface area contributed by atoms with E-state index in [0.29, 0.717) is 31.0 Å². The van der Waals surface area contributed by atoms with Crippen LogP contribution in [0.4, 0.5) is 0 Å². The SMILES string of the molecule is CN=C(NC1CC1c1ccc(C(C)C)cc1)N1CCS(=O)(=O)C(C)(C)C1. The molecule has 0 radical (unpaired) electrons. The summed E-state index contributed by atoms with van der Waals surface area (Å²) in [6, 6.07) is 9.30. The molecule has 3 rings (SSSR count). The molecule has 0 aromatic heterocycles. The summed E-state index contributed by atoms with van der Waals surface area (Å²) >= 11 is 0. The van der Waals surface area contributed by atoms with Gasteiger partial charge in [0.1, 0.15) is 0 Å². The number of hydrogen-bond acceptors (Lipinski definition) is 3. The van der Waals surface area contributed by atoms with Crippen LogP contribution < -0.4 is 5.32 Å². The highest BCUT2D eigenvalue weighted by Gasteiger charge is 2.43. The summed E-state index contributed by atoms with van der Waals surface area (Å²) in [7, 11) is -1.27. The zero-order valence-electron chi connectivity index (χ0n) is 16.5. The average Bonchev–Trinajstić information content (AvgIpc) is 3.34. The molecular formula is C20H31N3O2S. The van der Waals surface area contributed by atoms with Gasteiger partial charge in [-0.3, -0.25) is 4.99 Å². The quantitative estimate of drug-likeness (QED) is 0.650. The molecule has 0 bridgehead atoms. The number of sulfone groups is 1. The van der Waals surface area contributed by atoms with Gasteiger partial charge in [0.05, 0.1) is 10.5 Å². The van der Waals surface area contributed by atoms with Gasteiger partial charge in [0.2, 0.25) is 0 Å². The van der Waals surface area contributed by atoms with Gasteiger partial charge in [-0.05, 0) is 37.3 Å². The van der Waals surface area contributed by atoms with Crippen molar-refractivity contribution in [3.05, 3.63) is 35.4 Å². The van der Waals surface area contributed by atoms with Crippen LogP contribution in [0.15, 0.2) is 29.3 Å². The van der Waals surface area contributed by atoms with Crippen LogP contribution in [-0.4, -0.2) is 56.0 Å². The van der Waals surface area contributed by atoms with Crippen LogP contribution >= 0.6 is 0 Å². The molecule has 5 nitrogen and oxygen atoms in total. The minimum Gasteiger partial charge on any atom is -0.353 e. The number of nitrogens with one attached hydrogen (secondary N) is 1. The van der Waals surface area contributed by atoms with Crippen molar-refractivity contribution in [3.63, 3.8) is 0 Å². The Labute approximate surface area is 157 Å². The van der Waals surface area contributed by atoms with E-state index in [0.717, 1.165) is 12.4 Å². The number of aliphatic imine (C=N–C) groups is 1. The molecule has 144 valence electrons. The molecule has 0 amide bonds. The van der Waals surface area contributed by atoms with E-state index >= 15 is 0 Å². The van der Waals surface area contributed by atoms with E-state index in [-0.39, 0.29) is 5.75 Å². The molecule has 26 heavy (non-hydrogen) atoms. The second kappa shape index (κ2) is 6.87. The lowest BCUT2D eigenvalue weighted by Crippen LogP contribution is -2.57. The normalized spacial score (nSPS) is 27.5. The fraction of sp³-hybridized carbons (Fsp3) is 0.650. The van der Waals surface area contributed by atoms with E-state index in [9.17, 15) is 8.42 Å². The predicted octanol–water partition coefficient (Wildman–Crippen LogP) is 2.75. The lowest BCUT2D eigenvalue weighted by Gasteiger charge is -2.39. The summed E-state index contributed by atoms with van der Waals surface area (Å²) in [5.74, 6) is 2.06. The molecule has 1 N–H and O–H groups in total. The van der Waals surface area contributed by atoms with Crippen molar-refractivity contribution >= 4 is 15.8 Å². The van der Waals surface area contributed by atoms with Gasteiger partial charge in [-0.15, -0.1) is 0 Å². The zero-order chi connectivity index (χ0) is 19.1. The minimum absolute atomic E-state index is 0.186. The van der Waals surface area contributed by atoms with Crippen molar-refractivity contribution in [3.8, 4) is 0 Å². The highest BCUT2D eigenvalue weighted by molar-refractivity contribution is 7.92. The highest BCUT2D eigenvalue weighted by atomic mass is 32.2. The molecular weight excluding hydrogens is 346 g/mol. The van der Waals surface area contributed by atoms with Crippen LogP contribution in [0.25, 0.3) is 0 Å². The first-order valence-corrected chi connectivity index (χ1v) is 11.1. The molecule has 1 heterocycles. The van der Waals surface area contributed by atoms with Crippen LogP contribution in [0.1, 0.15) is 57.1 Å². The molecule has 1 aliphatic carbocycles.